The standard InChI is InChI=1S/C23H21Cl2N5O6.C2H6/c1-12-8-17(29(11-12)19-16(25)6-5-7-26-19)21(32)27-18-13(2)9-14(24)10-15(18)20(31)28-30(22(33)35-3)23(34)36-4;1-2/h5-11H,1-4H3,(H,27,32)(H,28,31);1-2H3. The highest BCUT2D eigenvalue weighted by atomic mass is 35.5. The minimum absolute atomic E-state index is 0.0918. The van der Waals surface area contributed by atoms with Crippen molar-refractivity contribution < 1.29 is 28.7 Å². The maximum absolute atomic E-state index is 13.3. The molecule has 0 bridgehead atoms. The normalized spacial score (nSPS) is 10.0. The summed E-state index contributed by atoms with van der Waals surface area (Å²) in [5.41, 5.74) is 3.45. The molecule has 0 aliphatic rings. The summed E-state index contributed by atoms with van der Waals surface area (Å²) in [5.74, 6) is -1.18. The molecule has 0 aliphatic heterocycles. The van der Waals surface area contributed by atoms with Gasteiger partial charge >= 0.3 is 12.2 Å². The Bertz CT molecular complexity index is 1340. The third-order valence-corrected chi connectivity index (χ3v) is 5.38. The summed E-state index contributed by atoms with van der Waals surface area (Å²) in [6, 6.07) is 7.73. The molecule has 0 atom stereocenters. The minimum atomic E-state index is -1.19. The number of hydrazine groups is 1. The fraction of sp³-hybridized carbons (Fsp3) is 0.240. The summed E-state index contributed by atoms with van der Waals surface area (Å²) >= 11 is 12.4. The van der Waals surface area contributed by atoms with E-state index in [9.17, 15) is 19.2 Å². The number of ether oxygens (including phenoxy) is 2. The Morgan fingerprint density at radius 2 is 1.61 bits per heavy atom. The van der Waals surface area contributed by atoms with Gasteiger partial charge in [0.05, 0.1) is 30.5 Å². The highest BCUT2D eigenvalue weighted by molar-refractivity contribution is 6.32. The van der Waals surface area contributed by atoms with Crippen molar-refractivity contribution in [2.45, 2.75) is 27.7 Å². The number of halogens is 2. The maximum Gasteiger partial charge on any atom is 0.438 e. The number of hydrogen-bond acceptors (Lipinski definition) is 7. The Labute approximate surface area is 229 Å². The lowest BCUT2D eigenvalue weighted by Crippen LogP contribution is -2.50. The van der Waals surface area contributed by atoms with Gasteiger partial charge in [0.15, 0.2) is 5.82 Å². The number of nitrogens with one attached hydrogen (secondary N) is 2. The first-order valence-corrected chi connectivity index (χ1v) is 12.0. The van der Waals surface area contributed by atoms with Gasteiger partial charge < -0.3 is 14.8 Å². The number of aromatic nitrogens is 2. The smallest absolute Gasteiger partial charge is 0.438 e. The van der Waals surface area contributed by atoms with Crippen LogP contribution in [0, 0.1) is 13.8 Å². The van der Waals surface area contributed by atoms with Crippen molar-refractivity contribution in [3.8, 4) is 5.82 Å². The lowest BCUT2D eigenvalue weighted by Gasteiger charge is -2.20. The Balaban J connectivity index is 0.00000247. The molecule has 38 heavy (non-hydrogen) atoms. The van der Waals surface area contributed by atoms with Crippen LogP contribution in [0.2, 0.25) is 10.0 Å². The predicted octanol–water partition coefficient (Wildman–Crippen LogP) is 5.55. The van der Waals surface area contributed by atoms with Crippen LogP contribution in [0.15, 0.2) is 42.7 Å². The summed E-state index contributed by atoms with van der Waals surface area (Å²) in [7, 11) is 2.04. The Morgan fingerprint density at radius 1 is 0.974 bits per heavy atom. The maximum atomic E-state index is 13.3. The molecule has 2 aromatic heterocycles. The van der Waals surface area contributed by atoms with Crippen molar-refractivity contribution in [1.82, 2.24) is 20.0 Å². The number of carbonyl (C=O) groups excluding carboxylic acids is 4. The molecule has 3 aromatic rings. The van der Waals surface area contributed by atoms with Crippen molar-refractivity contribution in [1.29, 1.82) is 0 Å². The number of amides is 4. The van der Waals surface area contributed by atoms with E-state index in [0.717, 1.165) is 19.8 Å². The van der Waals surface area contributed by atoms with E-state index in [1.807, 2.05) is 13.8 Å². The number of nitrogens with zero attached hydrogens (tertiary/aromatic N) is 3. The zero-order chi connectivity index (χ0) is 28.6. The number of carbonyl (C=O) groups is 4. The highest BCUT2D eigenvalue weighted by Crippen LogP contribution is 2.28. The fourth-order valence-electron chi connectivity index (χ4n) is 3.28. The average Bonchev–Trinajstić information content (AvgIpc) is 3.30. The zero-order valence-corrected chi connectivity index (χ0v) is 23.1. The number of imide groups is 1. The van der Waals surface area contributed by atoms with Gasteiger partial charge in [-0.05, 0) is 55.3 Å². The van der Waals surface area contributed by atoms with Crippen molar-refractivity contribution in [3.63, 3.8) is 0 Å². The fourth-order valence-corrected chi connectivity index (χ4v) is 3.76. The van der Waals surface area contributed by atoms with E-state index in [4.69, 9.17) is 23.2 Å². The average molecular weight is 564 g/mol. The van der Waals surface area contributed by atoms with Gasteiger partial charge in [-0.2, -0.15) is 0 Å². The van der Waals surface area contributed by atoms with Gasteiger partial charge in [0.2, 0.25) is 0 Å². The largest absolute Gasteiger partial charge is 0.451 e. The molecule has 0 saturated heterocycles. The van der Waals surface area contributed by atoms with Crippen LogP contribution in [-0.2, 0) is 9.47 Å². The molecule has 0 saturated carbocycles. The van der Waals surface area contributed by atoms with Crippen LogP contribution < -0.4 is 10.7 Å². The lowest BCUT2D eigenvalue weighted by molar-refractivity contribution is 0.0636. The van der Waals surface area contributed by atoms with E-state index >= 15 is 0 Å². The van der Waals surface area contributed by atoms with Gasteiger partial charge in [0, 0.05) is 17.4 Å². The first-order valence-electron chi connectivity index (χ1n) is 11.3. The first kappa shape index (κ1) is 30.1. The second-order valence-electron chi connectivity index (χ2n) is 7.40. The van der Waals surface area contributed by atoms with E-state index in [2.05, 4.69) is 25.2 Å². The summed E-state index contributed by atoms with van der Waals surface area (Å²) in [5, 5.41) is 3.45. The van der Waals surface area contributed by atoms with E-state index in [1.54, 1.807) is 44.4 Å². The molecule has 0 aliphatic carbocycles. The van der Waals surface area contributed by atoms with Crippen LogP contribution in [0.25, 0.3) is 5.82 Å². The Morgan fingerprint density at radius 3 is 2.18 bits per heavy atom. The summed E-state index contributed by atoms with van der Waals surface area (Å²) in [4.78, 5) is 54.5. The molecule has 3 rings (SSSR count). The van der Waals surface area contributed by atoms with Gasteiger partial charge in [-0.15, -0.1) is 5.01 Å². The van der Waals surface area contributed by atoms with Crippen LogP contribution >= 0.6 is 23.2 Å². The first-order chi connectivity index (χ1) is 18.1. The van der Waals surface area contributed by atoms with E-state index in [1.165, 1.54) is 16.7 Å². The summed E-state index contributed by atoms with van der Waals surface area (Å²) < 4.78 is 10.5. The van der Waals surface area contributed by atoms with Crippen LogP contribution in [0.5, 0.6) is 0 Å². The molecule has 0 fully saturated rings. The molecule has 2 N–H and O–H groups in total. The lowest BCUT2D eigenvalue weighted by atomic mass is 10.1. The van der Waals surface area contributed by atoms with Gasteiger partial charge in [-0.25, -0.2) is 20.0 Å². The molecule has 2 heterocycles. The number of anilines is 1. The number of aryl methyl sites for hydroxylation is 2. The highest BCUT2D eigenvalue weighted by Gasteiger charge is 2.28. The second-order valence-corrected chi connectivity index (χ2v) is 8.24. The minimum Gasteiger partial charge on any atom is -0.451 e. The van der Waals surface area contributed by atoms with Crippen molar-refractivity contribution >= 4 is 52.9 Å². The van der Waals surface area contributed by atoms with Crippen LogP contribution in [0.1, 0.15) is 45.8 Å². The van der Waals surface area contributed by atoms with Crippen LogP contribution in [0.3, 0.4) is 0 Å². The third-order valence-electron chi connectivity index (χ3n) is 4.87. The molecule has 0 spiro atoms. The van der Waals surface area contributed by atoms with Crippen molar-refractivity contribution in [3.05, 3.63) is 75.2 Å². The number of hydrogen-bond donors (Lipinski definition) is 2. The van der Waals surface area contributed by atoms with Gasteiger partial charge in [0.1, 0.15) is 5.69 Å². The van der Waals surface area contributed by atoms with Gasteiger partial charge in [-0.3, -0.25) is 14.2 Å². The Hall–Kier alpha value is -4.09. The van der Waals surface area contributed by atoms with E-state index in [0.29, 0.717) is 16.4 Å². The number of methoxy groups -OCH3 is 2. The van der Waals surface area contributed by atoms with Gasteiger partial charge in [-0.1, -0.05) is 37.0 Å². The van der Waals surface area contributed by atoms with Gasteiger partial charge in [0.25, 0.3) is 11.8 Å². The van der Waals surface area contributed by atoms with Crippen LogP contribution in [-0.4, -0.2) is 52.8 Å². The van der Waals surface area contributed by atoms with Crippen molar-refractivity contribution in [2.24, 2.45) is 0 Å². The molecular weight excluding hydrogens is 537 g/mol. The molecular formula is C25H27Cl2N5O6. The second kappa shape index (κ2) is 13.5. The predicted molar refractivity (Wildman–Crippen MR) is 143 cm³/mol. The molecule has 13 heteroatoms. The monoisotopic (exact) mass is 563 g/mol. The molecule has 4 amide bonds. The number of rotatable bonds is 4. The number of pyridine rings is 1. The topological polar surface area (TPSA) is 132 Å². The SMILES string of the molecule is CC.COC(=O)N(NC(=O)c1cc(Cl)cc(C)c1NC(=O)c1cc(C)cn1-c1ncccc1Cl)C(=O)OC. The summed E-state index contributed by atoms with van der Waals surface area (Å²) in [6.45, 7) is 7.42. The van der Waals surface area contributed by atoms with E-state index < -0.39 is 24.0 Å². The Kier molecular flexibility index (Phi) is 10.7. The number of benzene rings is 1. The zero-order valence-electron chi connectivity index (χ0n) is 21.6. The molecule has 1 aromatic carbocycles. The molecule has 0 radical (unpaired) electrons. The van der Waals surface area contributed by atoms with E-state index in [-0.39, 0.29) is 27.0 Å². The van der Waals surface area contributed by atoms with Crippen LogP contribution in [0.4, 0.5) is 15.3 Å². The molecule has 0 unspecified atom stereocenters. The third kappa shape index (κ3) is 6.81. The van der Waals surface area contributed by atoms with Crippen molar-refractivity contribution in [2.75, 3.05) is 19.5 Å². The molecule has 11 nitrogen and oxygen atoms in total. The molecule has 202 valence electrons. The summed E-state index contributed by atoms with van der Waals surface area (Å²) in [6.07, 6.45) is 0.842. The quantitative estimate of drug-likeness (QED) is 0.397.